The van der Waals surface area contributed by atoms with Crippen LogP contribution in [-0.2, 0) is 22.9 Å². The lowest BCUT2D eigenvalue weighted by molar-refractivity contribution is 0.0374. The molecule has 8 nitrogen and oxygen atoms in total. The summed E-state index contributed by atoms with van der Waals surface area (Å²) in [5, 5.41) is 0. The third-order valence-electron chi connectivity index (χ3n) is 4.20. The fourth-order valence-electron chi connectivity index (χ4n) is 2.90. The van der Waals surface area contributed by atoms with E-state index in [1.165, 1.54) is 6.33 Å². The summed E-state index contributed by atoms with van der Waals surface area (Å²) in [6.07, 6.45) is 3.21. The van der Waals surface area contributed by atoms with Crippen molar-refractivity contribution in [2.75, 3.05) is 39.5 Å². The van der Waals surface area contributed by atoms with Crippen molar-refractivity contribution in [2.24, 2.45) is 7.05 Å². The fraction of sp³-hybridized carbons (Fsp3) is 0.625. The van der Waals surface area contributed by atoms with E-state index in [2.05, 4.69) is 19.9 Å². The minimum Gasteiger partial charge on any atom is -0.461 e. The Kier molecular flexibility index (Phi) is 5.37. The largest absolute Gasteiger partial charge is 0.461 e. The third kappa shape index (κ3) is 3.54. The van der Waals surface area contributed by atoms with E-state index in [1.54, 1.807) is 6.92 Å². The van der Waals surface area contributed by atoms with Crippen LogP contribution in [0.2, 0.25) is 0 Å². The number of carbonyl (C=O) groups excluding carboxylic acids is 1. The van der Waals surface area contributed by atoms with Gasteiger partial charge >= 0.3 is 5.97 Å². The molecule has 0 bridgehead atoms. The van der Waals surface area contributed by atoms with Gasteiger partial charge in [0.25, 0.3) is 0 Å². The number of hydrogen-bond donors (Lipinski definition) is 0. The summed E-state index contributed by atoms with van der Waals surface area (Å²) in [7, 11) is 1.92. The Morgan fingerprint density at radius 2 is 2.12 bits per heavy atom. The predicted octanol–water partition coefficient (Wildman–Crippen LogP) is 0.805. The van der Waals surface area contributed by atoms with Crippen LogP contribution < -0.4 is 0 Å². The summed E-state index contributed by atoms with van der Waals surface area (Å²) < 4.78 is 12.3. The monoisotopic (exact) mass is 333 g/mol. The van der Waals surface area contributed by atoms with Gasteiger partial charge in [0.1, 0.15) is 17.7 Å². The summed E-state index contributed by atoms with van der Waals surface area (Å²) in [5.74, 6) is 0.451. The molecule has 1 fully saturated rings. The van der Waals surface area contributed by atoms with Crippen LogP contribution in [0.4, 0.5) is 0 Å². The second-order valence-corrected chi connectivity index (χ2v) is 5.76. The summed E-state index contributed by atoms with van der Waals surface area (Å²) >= 11 is 0. The number of carbonyl (C=O) groups is 1. The number of aryl methyl sites for hydroxylation is 2. The van der Waals surface area contributed by atoms with Crippen molar-refractivity contribution < 1.29 is 14.3 Å². The van der Waals surface area contributed by atoms with Gasteiger partial charge in [0.05, 0.1) is 19.8 Å². The number of aromatic nitrogens is 4. The first-order valence-corrected chi connectivity index (χ1v) is 8.34. The third-order valence-corrected chi connectivity index (χ3v) is 4.20. The highest BCUT2D eigenvalue weighted by molar-refractivity contribution is 5.98. The minimum absolute atomic E-state index is 0.233. The maximum absolute atomic E-state index is 12.0. The van der Waals surface area contributed by atoms with Gasteiger partial charge in [-0.1, -0.05) is 0 Å². The molecule has 0 atom stereocenters. The lowest BCUT2D eigenvalue weighted by Gasteiger charge is -2.26. The second kappa shape index (κ2) is 7.67. The number of imidazole rings is 1. The number of fused-ring (bicyclic) bond motifs is 1. The molecule has 1 aliphatic rings. The van der Waals surface area contributed by atoms with Gasteiger partial charge in [-0.15, -0.1) is 0 Å². The molecule has 1 saturated heterocycles. The van der Waals surface area contributed by atoms with Crippen molar-refractivity contribution in [1.82, 2.24) is 24.4 Å². The first-order valence-electron chi connectivity index (χ1n) is 8.34. The molecule has 0 aliphatic carbocycles. The maximum Gasteiger partial charge on any atom is 0.359 e. The van der Waals surface area contributed by atoms with Crippen molar-refractivity contribution in [3.8, 4) is 0 Å². The summed E-state index contributed by atoms with van der Waals surface area (Å²) in [5.41, 5.74) is 1.41. The van der Waals surface area contributed by atoms with Crippen LogP contribution in [0.3, 0.4) is 0 Å². The molecule has 3 rings (SSSR count). The molecule has 1 aliphatic heterocycles. The van der Waals surface area contributed by atoms with E-state index in [-0.39, 0.29) is 5.69 Å². The maximum atomic E-state index is 12.0. The number of rotatable bonds is 6. The standard InChI is InChI=1S/C16H23N5O3/c1-3-24-16(22)14-13-15(18-11-17-14)20(2)12(19-13)5-4-6-21-7-9-23-10-8-21/h11H,3-10H2,1-2H3. The predicted molar refractivity (Wildman–Crippen MR) is 87.8 cm³/mol. The topological polar surface area (TPSA) is 82.4 Å². The van der Waals surface area contributed by atoms with Crippen LogP contribution in [0.5, 0.6) is 0 Å². The van der Waals surface area contributed by atoms with Crippen molar-refractivity contribution in [3.05, 3.63) is 17.8 Å². The van der Waals surface area contributed by atoms with E-state index < -0.39 is 5.97 Å². The Morgan fingerprint density at radius 3 is 2.88 bits per heavy atom. The highest BCUT2D eigenvalue weighted by Gasteiger charge is 2.19. The van der Waals surface area contributed by atoms with Crippen LogP contribution in [0, 0.1) is 0 Å². The highest BCUT2D eigenvalue weighted by atomic mass is 16.5. The summed E-state index contributed by atoms with van der Waals surface area (Å²) in [4.78, 5) is 27.3. The molecule has 8 heteroatoms. The lowest BCUT2D eigenvalue weighted by Crippen LogP contribution is -2.37. The van der Waals surface area contributed by atoms with E-state index >= 15 is 0 Å². The van der Waals surface area contributed by atoms with Crippen molar-refractivity contribution >= 4 is 17.1 Å². The first kappa shape index (κ1) is 16.8. The average molecular weight is 333 g/mol. The average Bonchev–Trinajstić information content (AvgIpc) is 2.92. The van der Waals surface area contributed by atoms with Gasteiger partial charge in [-0.05, 0) is 19.9 Å². The van der Waals surface area contributed by atoms with Gasteiger partial charge < -0.3 is 14.0 Å². The zero-order chi connectivity index (χ0) is 16.9. The van der Waals surface area contributed by atoms with Gasteiger partial charge in [0.15, 0.2) is 11.3 Å². The van der Waals surface area contributed by atoms with E-state index in [9.17, 15) is 4.79 Å². The molecular weight excluding hydrogens is 310 g/mol. The van der Waals surface area contributed by atoms with Crippen molar-refractivity contribution in [1.29, 1.82) is 0 Å². The minimum atomic E-state index is -0.456. The molecule has 0 unspecified atom stereocenters. The van der Waals surface area contributed by atoms with Gasteiger partial charge in [-0.2, -0.15) is 0 Å². The van der Waals surface area contributed by atoms with Crippen LogP contribution >= 0.6 is 0 Å². The number of esters is 1. The van der Waals surface area contributed by atoms with E-state index in [4.69, 9.17) is 9.47 Å². The first-order chi connectivity index (χ1) is 11.7. The molecule has 0 N–H and O–H groups in total. The SMILES string of the molecule is CCOC(=O)c1ncnc2c1nc(CCCN1CCOCC1)n2C. The number of ether oxygens (including phenoxy) is 2. The molecule has 0 saturated carbocycles. The number of morpholine rings is 1. The molecule has 24 heavy (non-hydrogen) atoms. The Bertz CT molecular complexity index is 709. The van der Waals surface area contributed by atoms with E-state index in [0.29, 0.717) is 17.8 Å². The summed E-state index contributed by atoms with van der Waals surface area (Å²) in [6.45, 7) is 6.69. The molecule has 2 aromatic heterocycles. The zero-order valence-electron chi connectivity index (χ0n) is 14.2. The Morgan fingerprint density at radius 1 is 1.33 bits per heavy atom. The smallest absolute Gasteiger partial charge is 0.359 e. The fourth-order valence-corrected chi connectivity index (χ4v) is 2.90. The quantitative estimate of drug-likeness (QED) is 0.723. The van der Waals surface area contributed by atoms with Crippen molar-refractivity contribution in [3.63, 3.8) is 0 Å². The molecule has 3 heterocycles. The molecule has 0 amide bonds. The van der Waals surface area contributed by atoms with E-state index in [1.807, 2.05) is 11.6 Å². The highest BCUT2D eigenvalue weighted by Crippen LogP contribution is 2.17. The van der Waals surface area contributed by atoms with Gasteiger partial charge in [0, 0.05) is 26.6 Å². The Labute approximate surface area is 140 Å². The Balaban J connectivity index is 1.73. The van der Waals surface area contributed by atoms with Gasteiger partial charge in [-0.3, -0.25) is 4.90 Å². The van der Waals surface area contributed by atoms with Crippen LogP contribution in [0.25, 0.3) is 11.2 Å². The van der Waals surface area contributed by atoms with Gasteiger partial charge in [0.2, 0.25) is 0 Å². The molecule has 0 radical (unpaired) electrons. The molecular formula is C16H23N5O3. The molecule has 130 valence electrons. The summed E-state index contributed by atoms with van der Waals surface area (Å²) in [6, 6.07) is 0. The van der Waals surface area contributed by atoms with Crippen LogP contribution in [-0.4, -0.2) is 69.8 Å². The van der Waals surface area contributed by atoms with Gasteiger partial charge in [-0.25, -0.2) is 19.7 Å². The van der Waals surface area contributed by atoms with Crippen LogP contribution in [0.1, 0.15) is 29.7 Å². The van der Waals surface area contributed by atoms with E-state index in [0.717, 1.165) is 51.5 Å². The molecule has 0 spiro atoms. The van der Waals surface area contributed by atoms with Crippen LogP contribution in [0.15, 0.2) is 6.33 Å². The second-order valence-electron chi connectivity index (χ2n) is 5.76. The van der Waals surface area contributed by atoms with Crippen molar-refractivity contribution in [2.45, 2.75) is 19.8 Å². The number of nitrogens with zero attached hydrogens (tertiary/aromatic N) is 5. The Hall–Kier alpha value is -2.06. The lowest BCUT2D eigenvalue weighted by atomic mass is 10.2. The number of hydrogen-bond acceptors (Lipinski definition) is 7. The zero-order valence-corrected chi connectivity index (χ0v) is 14.2. The molecule has 2 aromatic rings. The molecule has 0 aromatic carbocycles. The normalized spacial score (nSPS) is 15.8.